The lowest BCUT2D eigenvalue weighted by Crippen LogP contribution is -3.06. The molecule has 0 spiro atoms. The molecule has 0 aromatic carbocycles. The second-order valence-corrected chi connectivity index (χ2v) is 6.68. The largest absolute Gasteiger partial charge is 0.440 e. The Morgan fingerprint density at radius 1 is 1.38 bits per heavy atom. The molecule has 0 aliphatic carbocycles. The van der Waals surface area contributed by atoms with Gasteiger partial charge < -0.3 is 19.9 Å². The fourth-order valence-electron chi connectivity index (χ4n) is 3.19. The van der Waals surface area contributed by atoms with Crippen LogP contribution in [0.4, 0.5) is 0 Å². The smallest absolute Gasteiger partial charge is 0.258 e. The lowest BCUT2D eigenvalue weighted by molar-refractivity contribution is -0.858. The SMILES string of the molecule is Cc1cc2c(c(=O)n1CC[NH+](C)C)[C@@H](c1ccncc1)C(C#N)=C(N)O2. The number of aryl methyl sites for hydroxylation is 1. The van der Waals surface area contributed by atoms with Gasteiger partial charge in [0.1, 0.15) is 17.4 Å². The van der Waals surface area contributed by atoms with E-state index < -0.39 is 5.92 Å². The molecule has 134 valence electrons. The van der Waals surface area contributed by atoms with E-state index in [-0.39, 0.29) is 17.0 Å². The van der Waals surface area contributed by atoms with Gasteiger partial charge in [-0.05, 0) is 24.6 Å². The summed E-state index contributed by atoms with van der Waals surface area (Å²) >= 11 is 0. The number of quaternary nitrogens is 1. The van der Waals surface area contributed by atoms with Crippen LogP contribution in [-0.4, -0.2) is 30.2 Å². The van der Waals surface area contributed by atoms with Crippen molar-refractivity contribution < 1.29 is 9.64 Å². The van der Waals surface area contributed by atoms with Crippen LogP contribution < -0.4 is 20.9 Å². The van der Waals surface area contributed by atoms with E-state index >= 15 is 0 Å². The predicted molar refractivity (Wildman–Crippen MR) is 96.7 cm³/mol. The topological polar surface area (TPSA) is 98.4 Å². The molecule has 0 amide bonds. The van der Waals surface area contributed by atoms with Gasteiger partial charge in [-0.2, -0.15) is 5.26 Å². The van der Waals surface area contributed by atoms with Gasteiger partial charge in [-0.3, -0.25) is 9.78 Å². The van der Waals surface area contributed by atoms with Gasteiger partial charge in [0.2, 0.25) is 5.88 Å². The Bertz CT molecular complexity index is 954. The van der Waals surface area contributed by atoms with Crippen LogP contribution in [0.2, 0.25) is 0 Å². The number of hydrogen-bond acceptors (Lipinski definition) is 5. The average molecular weight is 352 g/mol. The van der Waals surface area contributed by atoms with Crippen molar-refractivity contribution in [3.63, 3.8) is 0 Å². The fourth-order valence-corrected chi connectivity index (χ4v) is 3.19. The van der Waals surface area contributed by atoms with Gasteiger partial charge in [0.15, 0.2) is 0 Å². The summed E-state index contributed by atoms with van der Waals surface area (Å²) in [6.07, 6.45) is 3.27. The van der Waals surface area contributed by atoms with Crippen molar-refractivity contribution >= 4 is 0 Å². The predicted octanol–water partition coefficient (Wildman–Crippen LogP) is -0.0856. The number of nitrogens with two attached hydrogens (primary N) is 1. The number of pyridine rings is 2. The highest BCUT2D eigenvalue weighted by Crippen LogP contribution is 2.40. The Morgan fingerprint density at radius 2 is 2.08 bits per heavy atom. The van der Waals surface area contributed by atoms with Gasteiger partial charge in [-0.1, -0.05) is 0 Å². The summed E-state index contributed by atoms with van der Waals surface area (Å²) in [6, 6.07) is 7.51. The van der Waals surface area contributed by atoms with Crippen LogP contribution in [0, 0.1) is 18.3 Å². The van der Waals surface area contributed by atoms with Crippen LogP contribution in [0.15, 0.2) is 46.8 Å². The zero-order chi connectivity index (χ0) is 18.8. The summed E-state index contributed by atoms with van der Waals surface area (Å²) in [5.74, 6) is -0.104. The maximum Gasteiger partial charge on any atom is 0.258 e. The van der Waals surface area contributed by atoms with Gasteiger partial charge in [0, 0.05) is 24.2 Å². The van der Waals surface area contributed by atoms with E-state index in [0.29, 0.717) is 17.9 Å². The van der Waals surface area contributed by atoms with Gasteiger partial charge in [0.05, 0.1) is 38.7 Å². The number of hydrogen-bond donors (Lipinski definition) is 2. The molecule has 7 heteroatoms. The standard InChI is InChI=1S/C19H21N5O2/c1-12-10-15-17(19(25)24(12)9-8-23(2)3)16(13-4-6-22-7-5-13)14(11-20)18(21)26-15/h4-7,10,16H,8-9,21H2,1-3H3/p+1/t16-/m0/s1. The number of fused-ring (bicyclic) bond motifs is 1. The Morgan fingerprint density at radius 3 is 2.69 bits per heavy atom. The molecule has 3 heterocycles. The highest BCUT2D eigenvalue weighted by Gasteiger charge is 2.34. The van der Waals surface area contributed by atoms with Crippen LogP contribution in [0.1, 0.15) is 22.7 Å². The molecule has 0 unspecified atom stereocenters. The van der Waals surface area contributed by atoms with E-state index in [1.807, 2.05) is 27.1 Å². The van der Waals surface area contributed by atoms with Crippen LogP contribution in [0.25, 0.3) is 0 Å². The number of nitriles is 1. The summed E-state index contributed by atoms with van der Waals surface area (Å²) < 4.78 is 7.37. The van der Waals surface area contributed by atoms with E-state index in [0.717, 1.165) is 17.8 Å². The van der Waals surface area contributed by atoms with E-state index in [1.54, 1.807) is 29.1 Å². The minimum atomic E-state index is -0.558. The zero-order valence-electron chi connectivity index (χ0n) is 15.1. The highest BCUT2D eigenvalue weighted by atomic mass is 16.5. The molecule has 26 heavy (non-hydrogen) atoms. The molecule has 1 aliphatic rings. The van der Waals surface area contributed by atoms with Gasteiger partial charge in [0.25, 0.3) is 5.56 Å². The van der Waals surface area contributed by atoms with E-state index in [9.17, 15) is 10.1 Å². The Hall–Kier alpha value is -3.11. The lowest BCUT2D eigenvalue weighted by atomic mass is 9.84. The monoisotopic (exact) mass is 352 g/mol. The number of nitrogens with one attached hydrogen (secondary N) is 1. The number of ether oxygens (including phenoxy) is 1. The maximum absolute atomic E-state index is 13.3. The fraction of sp³-hybridized carbons (Fsp3) is 0.316. The summed E-state index contributed by atoms with van der Waals surface area (Å²) in [5, 5.41) is 9.61. The molecular formula is C19H22N5O2+. The van der Waals surface area contributed by atoms with Gasteiger partial charge >= 0.3 is 0 Å². The Balaban J connectivity index is 2.22. The molecule has 0 bridgehead atoms. The van der Waals surface area contributed by atoms with E-state index in [2.05, 4.69) is 11.1 Å². The molecular weight excluding hydrogens is 330 g/mol. The number of allylic oxidation sites excluding steroid dienone is 1. The van der Waals surface area contributed by atoms with Crippen molar-refractivity contribution in [2.45, 2.75) is 19.4 Å². The van der Waals surface area contributed by atoms with Crippen molar-refractivity contribution in [3.8, 4) is 11.8 Å². The van der Waals surface area contributed by atoms with Crippen LogP contribution in [0.3, 0.4) is 0 Å². The molecule has 7 nitrogen and oxygen atoms in total. The first-order chi connectivity index (χ1) is 12.4. The summed E-state index contributed by atoms with van der Waals surface area (Å²) in [5.41, 5.74) is 8.11. The number of likely N-dealkylation sites (N-methyl/N-ethyl adjacent to an activating group) is 1. The Kier molecular flexibility index (Phi) is 4.78. The normalized spacial score (nSPS) is 16.2. The van der Waals surface area contributed by atoms with Gasteiger partial charge in [-0.15, -0.1) is 0 Å². The van der Waals surface area contributed by atoms with Crippen molar-refractivity contribution in [2.75, 3.05) is 20.6 Å². The molecule has 0 fully saturated rings. The molecule has 1 aliphatic heterocycles. The average Bonchev–Trinajstić information content (AvgIpc) is 2.60. The molecule has 0 saturated heterocycles. The maximum atomic E-state index is 13.3. The van der Waals surface area contributed by atoms with E-state index in [4.69, 9.17) is 10.5 Å². The number of aromatic nitrogens is 2. The second kappa shape index (κ2) is 7.02. The van der Waals surface area contributed by atoms with Crippen molar-refractivity contribution in [3.05, 3.63) is 69.2 Å². The van der Waals surface area contributed by atoms with Crippen molar-refractivity contribution in [1.29, 1.82) is 5.26 Å². The lowest BCUT2D eigenvalue weighted by Gasteiger charge is -2.27. The third kappa shape index (κ3) is 3.07. The molecule has 3 rings (SSSR count). The van der Waals surface area contributed by atoms with Crippen molar-refractivity contribution in [1.82, 2.24) is 9.55 Å². The van der Waals surface area contributed by atoms with Gasteiger partial charge in [-0.25, -0.2) is 0 Å². The van der Waals surface area contributed by atoms with Crippen LogP contribution in [0.5, 0.6) is 5.75 Å². The van der Waals surface area contributed by atoms with Crippen molar-refractivity contribution in [2.24, 2.45) is 5.73 Å². The molecule has 2 aromatic rings. The van der Waals surface area contributed by atoms with Crippen LogP contribution >= 0.6 is 0 Å². The number of nitrogens with zero attached hydrogens (tertiary/aromatic N) is 3. The summed E-state index contributed by atoms with van der Waals surface area (Å²) in [4.78, 5) is 18.6. The molecule has 3 N–H and O–H groups in total. The zero-order valence-corrected chi connectivity index (χ0v) is 15.1. The summed E-state index contributed by atoms with van der Waals surface area (Å²) in [6.45, 7) is 3.27. The minimum Gasteiger partial charge on any atom is -0.440 e. The third-order valence-corrected chi connectivity index (χ3v) is 4.56. The quantitative estimate of drug-likeness (QED) is 0.802. The minimum absolute atomic E-state index is 0.0381. The molecule has 1 atom stereocenters. The molecule has 0 saturated carbocycles. The molecule has 2 aromatic heterocycles. The third-order valence-electron chi connectivity index (χ3n) is 4.56. The Labute approximate surface area is 151 Å². The molecule has 0 radical (unpaired) electrons. The summed E-state index contributed by atoms with van der Waals surface area (Å²) in [7, 11) is 4.08. The first-order valence-electron chi connectivity index (χ1n) is 8.45. The van der Waals surface area contributed by atoms with Crippen LogP contribution in [-0.2, 0) is 6.54 Å². The first-order valence-corrected chi connectivity index (χ1v) is 8.45. The highest BCUT2D eigenvalue weighted by molar-refractivity contribution is 5.54. The second-order valence-electron chi connectivity index (χ2n) is 6.68. The number of rotatable bonds is 4. The van der Waals surface area contributed by atoms with E-state index in [1.165, 1.54) is 4.90 Å². The first kappa shape index (κ1) is 17.7.